The van der Waals surface area contributed by atoms with Gasteiger partial charge in [-0.1, -0.05) is 6.92 Å². The molecule has 3 rings (SSSR count). The standard InChI is InChI=1S/C25H38N4O3/c1-5-8-27-9-6-7-10-28-13-19(26)14-29-15-22-18(4)31-25-17(3)24-20(12-21(22)25)16(2)11-23(30)32-24/h11-12,19,27-29H,5-10,13-15,26H2,1-4H3. The topological polar surface area (TPSA) is 105 Å². The van der Waals surface area contributed by atoms with E-state index in [1.165, 1.54) is 18.9 Å². The Morgan fingerprint density at radius 1 is 0.906 bits per heavy atom. The van der Waals surface area contributed by atoms with Crippen LogP contribution in [0.3, 0.4) is 0 Å². The van der Waals surface area contributed by atoms with E-state index in [1.807, 2.05) is 20.8 Å². The van der Waals surface area contributed by atoms with Crippen LogP contribution < -0.4 is 27.3 Å². The van der Waals surface area contributed by atoms with Gasteiger partial charge in [0, 0.05) is 53.6 Å². The number of nitrogens with one attached hydrogen (secondary N) is 3. The Kier molecular flexibility index (Phi) is 8.87. The predicted octanol–water partition coefficient (Wildman–Crippen LogP) is 3.25. The summed E-state index contributed by atoms with van der Waals surface area (Å²) in [6.45, 7) is 13.4. The van der Waals surface area contributed by atoms with E-state index in [1.54, 1.807) is 0 Å². The van der Waals surface area contributed by atoms with Gasteiger partial charge < -0.3 is 30.5 Å². The molecule has 2 heterocycles. The average molecular weight is 443 g/mol. The summed E-state index contributed by atoms with van der Waals surface area (Å²) < 4.78 is 11.5. The quantitative estimate of drug-likeness (QED) is 0.238. The minimum atomic E-state index is -0.335. The number of fused-ring (bicyclic) bond motifs is 2. The molecule has 0 spiro atoms. The molecular formula is C25H38N4O3. The van der Waals surface area contributed by atoms with E-state index >= 15 is 0 Å². The van der Waals surface area contributed by atoms with Gasteiger partial charge in [0.2, 0.25) is 0 Å². The number of unbranched alkanes of at least 4 members (excludes halogenated alkanes) is 1. The van der Waals surface area contributed by atoms with Crippen molar-refractivity contribution < 1.29 is 8.83 Å². The number of hydrogen-bond acceptors (Lipinski definition) is 7. The summed E-state index contributed by atoms with van der Waals surface area (Å²) in [4.78, 5) is 11.8. The summed E-state index contributed by atoms with van der Waals surface area (Å²) in [5, 5.41) is 12.4. The first-order chi connectivity index (χ1) is 15.4. The Morgan fingerprint density at radius 3 is 2.34 bits per heavy atom. The SMILES string of the molecule is CCCNCCCCNCC(N)CNCc1c(C)oc2c(C)c3oc(=O)cc(C)c3cc12. The highest BCUT2D eigenvalue weighted by Gasteiger charge is 2.17. The van der Waals surface area contributed by atoms with Gasteiger partial charge in [-0.2, -0.15) is 0 Å². The van der Waals surface area contributed by atoms with Gasteiger partial charge >= 0.3 is 5.63 Å². The molecule has 7 heteroatoms. The second-order valence-electron chi connectivity index (χ2n) is 8.69. The van der Waals surface area contributed by atoms with Gasteiger partial charge in [-0.15, -0.1) is 0 Å². The van der Waals surface area contributed by atoms with Crippen molar-refractivity contribution in [2.45, 2.75) is 59.5 Å². The van der Waals surface area contributed by atoms with Gasteiger partial charge in [0.1, 0.15) is 16.9 Å². The zero-order chi connectivity index (χ0) is 23.1. The fourth-order valence-corrected chi connectivity index (χ4v) is 4.12. The minimum absolute atomic E-state index is 0.0470. The Labute approximate surface area is 190 Å². The van der Waals surface area contributed by atoms with Crippen LogP contribution in [0.5, 0.6) is 0 Å². The lowest BCUT2D eigenvalue weighted by Crippen LogP contribution is -2.42. The third-order valence-electron chi connectivity index (χ3n) is 5.92. The van der Waals surface area contributed by atoms with Crippen LogP contribution in [-0.4, -0.2) is 38.8 Å². The fourth-order valence-electron chi connectivity index (χ4n) is 4.12. The molecule has 3 aromatic rings. The van der Waals surface area contributed by atoms with E-state index in [-0.39, 0.29) is 11.7 Å². The molecule has 0 saturated carbocycles. The normalized spacial score (nSPS) is 12.8. The number of nitrogens with two attached hydrogens (primary N) is 1. The Bertz CT molecular complexity index is 1090. The monoisotopic (exact) mass is 442 g/mol. The van der Waals surface area contributed by atoms with E-state index in [2.05, 4.69) is 28.9 Å². The van der Waals surface area contributed by atoms with Gasteiger partial charge in [0.25, 0.3) is 0 Å². The summed E-state index contributed by atoms with van der Waals surface area (Å²) in [6, 6.07) is 3.65. The molecule has 0 radical (unpaired) electrons. The van der Waals surface area contributed by atoms with Crippen LogP contribution in [-0.2, 0) is 6.54 Å². The first-order valence-electron chi connectivity index (χ1n) is 11.8. The molecule has 1 atom stereocenters. The summed E-state index contributed by atoms with van der Waals surface area (Å²) in [6.07, 6.45) is 3.52. The Balaban J connectivity index is 1.54. The van der Waals surface area contributed by atoms with E-state index in [9.17, 15) is 4.79 Å². The van der Waals surface area contributed by atoms with Crippen LogP contribution in [0.1, 0.15) is 48.6 Å². The molecule has 0 fully saturated rings. The first-order valence-corrected chi connectivity index (χ1v) is 11.8. The van der Waals surface area contributed by atoms with Crippen LogP contribution in [0, 0.1) is 20.8 Å². The molecule has 0 aliphatic carbocycles. The molecule has 176 valence electrons. The molecule has 2 aromatic heterocycles. The number of rotatable bonds is 13. The van der Waals surface area contributed by atoms with Crippen LogP contribution in [0.25, 0.3) is 21.9 Å². The summed E-state index contributed by atoms with van der Waals surface area (Å²) in [7, 11) is 0. The average Bonchev–Trinajstić information content (AvgIpc) is 3.07. The zero-order valence-corrected chi connectivity index (χ0v) is 19.9. The third-order valence-corrected chi connectivity index (χ3v) is 5.92. The second-order valence-corrected chi connectivity index (χ2v) is 8.69. The van der Waals surface area contributed by atoms with Crippen LogP contribution in [0.4, 0.5) is 0 Å². The lowest BCUT2D eigenvalue weighted by molar-refractivity contribution is 0.510. The molecule has 0 amide bonds. The molecule has 0 saturated heterocycles. The van der Waals surface area contributed by atoms with Crippen LogP contribution >= 0.6 is 0 Å². The molecular weight excluding hydrogens is 404 g/mol. The number of aryl methyl sites for hydroxylation is 3. The molecule has 0 aliphatic heterocycles. The first kappa shape index (κ1) is 24.5. The summed E-state index contributed by atoms with van der Waals surface area (Å²) >= 11 is 0. The maximum Gasteiger partial charge on any atom is 0.336 e. The maximum absolute atomic E-state index is 11.8. The van der Waals surface area contributed by atoms with Crippen LogP contribution in [0.15, 0.2) is 25.8 Å². The van der Waals surface area contributed by atoms with Gasteiger partial charge in [-0.3, -0.25) is 0 Å². The Morgan fingerprint density at radius 2 is 1.59 bits per heavy atom. The van der Waals surface area contributed by atoms with E-state index < -0.39 is 0 Å². The highest BCUT2D eigenvalue weighted by Crippen LogP contribution is 2.34. The van der Waals surface area contributed by atoms with Crippen LogP contribution in [0.2, 0.25) is 0 Å². The molecule has 1 unspecified atom stereocenters. The number of furan rings is 1. The van der Waals surface area contributed by atoms with Gasteiger partial charge in [-0.25, -0.2) is 4.79 Å². The highest BCUT2D eigenvalue weighted by atomic mass is 16.4. The van der Waals surface area contributed by atoms with Gasteiger partial charge in [0.05, 0.1) is 0 Å². The van der Waals surface area contributed by atoms with Gasteiger partial charge in [0.15, 0.2) is 0 Å². The summed E-state index contributed by atoms with van der Waals surface area (Å²) in [5.41, 5.74) is 10.2. The van der Waals surface area contributed by atoms with E-state index in [0.717, 1.165) is 78.0 Å². The van der Waals surface area contributed by atoms with Crippen molar-refractivity contribution in [2.75, 3.05) is 32.7 Å². The lowest BCUT2D eigenvalue weighted by atomic mass is 10.0. The van der Waals surface area contributed by atoms with Crippen molar-refractivity contribution in [1.82, 2.24) is 16.0 Å². The number of hydrogen-bond donors (Lipinski definition) is 4. The number of benzene rings is 1. The van der Waals surface area contributed by atoms with Crippen molar-refractivity contribution in [3.63, 3.8) is 0 Å². The van der Waals surface area contributed by atoms with Crippen molar-refractivity contribution >= 4 is 21.9 Å². The molecule has 0 bridgehead atoms. The van der Waals surface area contributed by atoms with Gasteiger partial charge in [-0.05, 0) is 71.3 Å². The zero-order valence-electron chi connectivity index (χ0n) is 19.9. The molecule has 5 N–H and O–H groups in total. The van der Waals surface area contributed by atoms with Crippen molar-refractivity contribution in [2.24, 2.45) is 5.73 Å². The smallest absolute Gasteiger partial charge is 0.336 e. The Hall–Kier alpha value is -2.19. The molecule has 32 heavy (non-hydrogen) atoms. The third kappa shape index (κ3) is 5.98. The van der Waals surface area contributed by atoms with Crippen molar-refractivity contribution in [3.05, 3.63) is 45.0 Å². The second kappa shape index (κ2) is 11.6. The van der Waals surface area contributed by atoms with Crippen molar-refractivity contribution in [3.8, 4) is 0 Å². The van der Waals surface area contributed by atoms with E-state index in [4.69, 9.17) is 14.6 Å². The minimum Gasteiger partial charge on any atom is -0.461 e. The largest absolute Gasteiger partial charge is 0.461 e. The highest BCUT2D eigenvalue weighted by molar-refractivity contribution is 5.99. The molecule has 7 nitrogen and oxygen atoms in total. The van der Waals surface area contributed by atoms with Crippen molar-refractivity contribution in [1.29, 1.82) is 0 Å². The molecule has 1 aromatic carbocycles. The lowest BCUT2D eigenvalue weighted by Gasteiger charge is -2.14. The van der Waals surface area contributed by atoms with E-state index in [0.29, 0.717) is 12.1 Å². The fraction of sp³-hybridized carbons (Fsp3) is 0.560. The molecule has 0 aliphatic rings. The summed E-state index contributed by atoms with van der Waals surface area (Å²) in [5.74, 6) is 0.870. The predicted molar refractivity (Wildman–Crippen MR) is 131 cm³/mol. The maximum atomic E-state index is 11.8.